The van der Waals surface area contributed by atoms with Gasteiger partial charge in [-0.05, 0) is 49.6 Å². The van der Waals surface area contributed by atoms with Crippen LogP contribution in [0.4, 0.5) is 0 Å². The normalized spacial score (nSPS) is 10.1. The number of ether oxygens (including phenoxy) is 2. The molecule has 2 aromatic carbocycles. The van der Waals surface area contributed by atoms with Crippen molar-refractivity contribution in [2.45, 2.75) is 33.1 Å². The molecule has 0 atom stereocenters. The number of hydrazine groups is 1. The van der Waals surface area contributed by atoms with Crippen LogP contribution in [-0.4, -0.2) is 25.0 Å². The van der Waals surface area contributed by atoms with Gasteiger partial charge in [-0.15, -0.1) is 0 Å². The summed E-state index contributed by atoms with van der Waals surface area (Å²) in [5, 5.41) is 0. The molecule has 2 amide bonds. The van der Waals surface area contributed by atoms with Crippen molar-refractivity contribution in [2.75, 3.05) is 13.2 Å². The van der Waals surface area contributed by atoms with Gasteiger partial charge < -0.3 is 9.47 Å². The molecule has 0 spiro atoms. The Bertz CT molecular complexity index is 727. The van der Waals surface area contributed by atoms with Gasteiger partial charge in [0.1, 0.15) is 11.5 Å². The zero-order valence-corrected chi connectivity index (χ0v) is 15.8. The molecule has 6 nitrogen and oxygen atoms in total. The van der Waals surface area contributed by atoms with E-state index in [2.05, 4.69) is 17.8 Å². The highest BCUT2D eigenvalue weighted by molar-refractivity contribution is 5.82. The molecule has 0 fully saturated rings. The number of amides is 2. The van der Waals surface area contributed by atoms with E-state index in [9.17, 15) is 9.59 Å². The Balaban J connectivity index is 1.56. The zero-order valence-electron chi connectivity index (χ0n) is 15.8. The molecule has 144 valence electrons. The van der Waals surface area contributed by atoms with Crippen LogP contribution in [0, 0.1) is 6.92 Å². The Labute approximate surface area is 159 Å². The van der Waals surface area contributed by atoms with Crippen LogP contribution in [-0.2, 0) is 16.0 Å². The minimum absolute atomic E-state index is 0.164. The smallest absolute Gasteiger partial charge is 0.276 e. The van der Waals surface area contributed by atoms with Crippen molar-refractivity contribution in [3.05, 3.63) is 59.7 Å². The van der Waals surface area contributed by atoms with Crippen LogP contribution in [0.3, 0.4) is 0 Å². The van der Waals surface area contributed by atoms with E-state index in [1.54, 1.807) is 0 Å². The van der Waals surface area contributed by atoms with Gasteiger partial charge >= 0.3 is 0 Å². The SMILES string of the molecule is CCc1ccc(OCC(=O)NNC(=O)CCCOc2ccc(C)cc2)cc1. The molecule has 0 heterocycles. The first-order valence-electron chi connectivity index (χ1n) is 9.05. The highest BCUT2D eigenvalue weighted by Gasteiger charge is 2.06. The van der Waals surface area contributed by atoms with Gasteiger partial charge in [-0.3, -0.25) is 20.4 Å². The van der Waals surface area contributed by atoms with Gasteiger partial charge in [0.15, 0.2) is 6.61 Å². The molecule has 0 radical (unpaired) electrons. The van der Waals surface area contributed by atoms with Crippen molar-refractivity contribution in [1.29, 1.82) is 0 Å². The van der Waals surface area contributed by atoms with E-state index in [0.717, 1.165) is 12.2 Å². The summed E-state index contributed by atoms with van der Waals surface area (Å²) in [6, 6.07) is 15.3. The van der Waals surface area contributed by atoms with E-state index in [1.165, 1.54) is 11.1 Å². The van der Waals surface area contributed by atoms with E-state index in [1.807, 2.05) is 55.5 Å². The number of carbonyl (C=O) groups excluding carboxylic acids is 2. The first-order chi connectivity index (χ1) is 13.1. The van der Waals surface area contributed by atoms with Crippen molar-refractivity contribution in [3.8, 4) is 11.5 Å². The average Bonchev–Trinajstić information content (AvgIpc) is 2.69. The Morgan fingerprint density at radius 2 is 1.44 bits per heavy atom. The van der Waals surface area contributed by atoms with E-state index in [0.29, 0.717) is 18.8 Å². The second kappa shape index (κ2) is 10.9. The highest BCUT2D eigenvalue weighted by Crippen LogP contribution is 2.12. The summed E-state index contributed by atoms with van der Waals surface area (Å²) >= 11 is 0. The van der Waals surface area contributed by atoms with Crippen molar-refractivity contribution < 1.29 is 19.1 Å². The lowest BCUT2D eigenvalue weighted by Crippen LogP contribution is -2.43. The first kappa shape index (κ1) is 20.3. The number of benzene rings is 2. The van der Waals surface area contributed by atoms with Crippen molar-refractivity contribution >= 4 is 11.8 Å². The molecule has 0 aliphatic heterocycles. The summed E-state index contributed by atoms with van der Waals surface area (Å²) in [6.45, 7) is 4.35. The summed E-state index contributed by atoms with van der Waals surface area (Å²) in [6.07, 6.45) is 1.75. The van der Waals surface area contributed by atoms with Crippen LogP contribution in [0.15, 0.2) is 48.5 Å². The molecule has 0 bridgehead atoms. The fraction of sp³-hybridized carbons (Fsp3) is 0.333. The third-order valence-electron chi connectivity index (χ3n) is 3.88. The van der Waals surface area contributed by atoms with Crippen LogP contribution in [0.1, 0.15) is 30.9 Å². The lowest BCUT2D eigenvalue weighted by atomic mass is 10.2. The number of carbonyl (C=O) groups is 2. The quantitative estimate of drug-likeness (QED) is 0.526. The van der Waals surface area contributed by atoms with Crippen LogP contribution in [0.25, 0.3) is 0 Å². The van der Waals surface area contributed by atoms with Crippen molar-refractivity contribution in [1.82, 2.24) is 10.9 Å². The molecule has 2 aromatic rings. The number of nitrogens with one attached hydrogen (secondary N) is 2. The lowest BCUT2D eigenvalue weighted by Gasteiger charge is -2.09. The second-order valence-electron chi connectivity index (χ2n) is 6.15. The molecule has 27 heavy (non-hydrogen) atoms. The lowest BCUT2D eigenvalue weighted by molar-refractivity contribution is -0.130. The maximum absolute atomic E-state index is 11.7. The predicted octanol–water partition coefficient (Wildman–Crippen LogP) is 2.94. The molecule has 0 saturated carbocycles. The zero-order chi connectivity index (χ0) is 19.5. The topological polar surface area (TPSA) is 76.7 Å². The third kappa shape index (κ3) is 7.81. The Morgan fingerprint density at radius 1 is 0.852 bits per heavy atom. The van der Waals surface area contributed by atoms with E-state index < -0.39 is 5.91 Å². The number of hydrogen-bond donors (Lipinski definition) is 2. The molecule has 0 unspecified atom stereocenters. The van der Waals surface area contributed by atoms with Crippen LogP contribution < -0.4 is 20.3 Å². The molecule has 0 aliphatic rings. The summed E-state index contributed by atoms with van der Waals surface area (Å²) in [5.74, 6) is 0.697. The monoisotopic (exact) mass is 370 g/mol. The fourth-order valence-electron chi connectivity index (χ4n) is 2.27. The largest absolute Gasteiger partial charge is 0.494 e. The molecular formula is C21H26N2O4. The highest BCUT2D eigenvalue weighted by atomic mass is 16.5. The standard InChI is InChI=1S/C21H26N2O4/c1-3-17-8-12-19(13-9-17)27-15-21(25)23-22-20(24)5-4-14-26-18-10-6-16(2)7-11-18/h6-13H,3-5,14-15H2,1-2H3,(H,22,24)(H,23,25). The maximum Gasteiger partial charge on any atom is 0.276 e. The Kier molecular flexibility index (Phi) is 8.16. The van der Waals surface area contributed by atoms with E-state index >= 15 is 0 Å². The minimum Gasteiger partial charge on any atom is -0.494 e. The van der Waals surface area contributed by atoms with Crippen molar-refractivity contribution in [2.24, 2.45) is 0 Å². The molecule has 0 aliphatic carbocycles. The summed E-state index contributed by atoms with van der Waals surface area (Å²) in [7, 11) is 0. The average molecular weight is 370 g/mol. The summed E-state index contributed by atoms with van der Waals surface area (Å²) in [4.78, 5) is 23.4. The van der Waals surface area contributed by atoms with E-state index in [4.69, 9.17) is 9.47 Å². The van der Waals surface area contributed by atoms with Gasteiger partial charge in [0.25, 0.3) is 5.91 Å². The van der Waals surface area contributed by atoms with Gasteiger partial charge in [0, 0.05) is 6.42 Å². The summed E-state index contributed by atoms with van der Waals surface area (Å²) < 4.78 is 10.9. The minimum atomic E-state index is -0.418. The second-order valence-corrected chi connectivity index (χ2v) is 6.15. The van der Waals surface area contributed by atoms with Gasteiger partial charge in [0.2, 0.25) is 5.91 Å². The molecule has 2 N–H and O–H groups in total. The molecule has 0 aromatic heterocycles. The Morgan fingerprint density at radius 3 is 2.11 bits per heavy atom. The van der Waals surface area contributed by atoms with Gasteiger partial charge in [-0.1, -0.05) is 36.8 Å². The number of rotatable bonds is 9. The molecule has 6 heteroatoms. The Hall–Kier alpha value is -3.02. The van der Waals surface area contributed by atoms with Crippen molar-refractivity contribution in [3.63, 3.8) is 0 Å². The summed E-state index contributed by atoms with van der Waals surface area (Å²) in [5.41, 5.74) is 7.07. The van der Waals surface area contributed by atoms with Crippen LogP contribution >= 0.6 is 0 Å². The third-order valence-corrected chi connectivity index (χ3v) is 3.88. The number of hydrogen-bond acceptors (Lipinski definition) is 4. The van der Waals surface area contributed by atoms with Gasteiger partial charge in [0.05, 0.1) is 6.61 Å². The maximum atomic E-state index is 11.7. The molecular weight excluding hydrogens is 344 g/mol. The molecule has 0 saturated heterocycles. The van der Waals surface area contributed by atoms with Crippen LogP contribution in [0.2, 0.25) is 0 Å². The predicted molar refractivity (Wildman–Crippen MR) is 104 cm³/mol. The number of aryl methyl sites for hydroxylation is 2. The first-order valence-corrected chi connectivity index (χ1v) is 9.05. The van der Waals surface area contributed by atoms with Gasteiger partial charge in [-0.25, -0.2) is 0 Å². The van der Waals surface area contributed by atoms with E-state index in [-0.39, 0.29) is 18.9 Å². The van der Waals surface area contributed by atoms with Gasteiger partial charge in [-0.2, -0.15) is 0 Å². The molecule has 2 rings (SSSR count). The van der Waals surface area contributed by atoms with Crippen LogP contribution in [0.5, 0.6) is 11.5 Å². The fourth-order valence-corrected chi connectivity index (χ4v) is 2.27.